The number of nitrogens with one attached hydrogen (secondary N) is 2. The van der Waals surface area contributed by atoms with Crippen molar-refractivity contribution in [2.45, 2.75) is 37.3 Å². The van der Waals surface area contributed by atoms with Gasteiger partial charge in [0, 0.05) is 11.4 Å². The van der Waals surface area contributed by atoms with Crippen LogP contribution < -0.4 is 20.3 Å². The minimum atomic E-state index is -1.17. The number of nitrogens with zero attached hydrogens (tertiary/aromatic N) is 1. The van der Waals surface area contributed by atoms with Crippen LogP contribution in [0.15, 0.2) is 72.8 Å². The van der Waals surface area contributed by atoms with Crippen LogP contribution in [0.5, 0.6) is 5.75 Å². The van der Waals surface area contributed by atoms with Gasteiger partial charge in [-0.15, -0.1) is 11.8 Å². The Kier molecular flexibility index (Phi) is 11.1. The van der Waals surface area contributed by atoms with Crippen LogP contribution >= 0.6 is 11.8 Å². The number of aliphatic hydroxyl groups excluding tert-OH is 1. The number of rotatable bonds is 14. The monoisotopic (exact) mass is 641 g/mol. The number of hydrogen-bond acceptors (Lipinski definition) is 7. The number of carboxylic acid groups (broad SMARTS) is 1. The van der Waals surface area contributed by atoms with Crippen molar-refractivity contribution in [1.29, 1.82) is 0 Å². The van der Waals surface area contributed by atoms with E-state index < -0.39 is 66.0 Å². The molecule has 0 radical (unpaired) electrons. The molecule has 0 aromatic heterocycles. The average molecular weight is 642 g/mol. The van der Waals surface area contributed by atoms with Crippen molar-refractivity contribution >= 4 is 41.1 Å². The van der Waals surface area contributed by atoms with Gasteiger partial charge in [0.2, 0.25) is 11.8 Å². The number of ether oxygens (including phenoxy) is 1. The zero-order chi connectivity index (χ0) is 32.7. The maximum atomic E-state index is 13.6. The Labute approximate surface area is 262 Å². The first-order chi connectivity index (χ1) is 21.4. The SMILES string of the molecule is CC(C)[C@@H](NC(=O)CNC(=O)COc1ccc([C@@H]2[C@@H](SC[C@@H](O)c3ccc(F)cc3)C(=O)N2c2ccc(F)cc2)cc1)C(=O)O. The molecule has 0 unspecified atom stereocenters. The third-order valence-corrected chi connectivity index (χ3v) is 8.45. The van der Waals surface area contributed by atoms with Gasteiger partial charge in [0.25, 0.3) is 5.91 Å². The van der Waals surface area contributed by atoms with E-state index in [4.69, 9.17) is 4.74 Å². The number of hydrogen-bond donors (Lipinski definition) is 4. The number of β-lactam (4-membered cyclic amide) rings is 1. The number of anilines is 1. The molecule has 3 aromatic rings. The molecule has 1 aliphatic rings. The molecule has 10 nitrogen and oxygen atoms in total. The third-order valence-electron chi connectivity index (χ3n) is 7.13. The van der Waals surface area contributed by atoms with Gasteiger partial charge in [-0.25, -0.2) is 13.6 Å². The van der Waals surface area contributed by atoms with Crippen molar-refractivity contribution in [2.24, 2.45) is 5.92 Å². The van der Waals surface area contributed by atoms with Crippen LogP contribution in [-0.2, 0) is 19.2 Å². The summed E-state index contributed by atoms with van der Waals surface area (Å²) in [5.74, 6) is -3.29. The highest BCUT2D eigenvalue weighted by molar-refractivity contribution is 8.00. The predicted octanol–water partition coefficient (Wildman–Crippen LogP) is 3.61. The molecule has 4 rings (SSSR count). The van der Waals surface area contributed by atoms with Crippen molar-refractivity contribution in [2.75, 3.05) is 23.8 Å². The summed E-state index contributed by atoms with van der Waals surface area (Å²) in [6.45, 7) is 2.49. The summed E-state index contributed by atoms with van der Waals surface area (Å²) in [5.41, 5.74) is 1.76. The van der Waals surface area contributed by atoms with Crippen LogP contribution in [0.1, 0.15) is 37.1 Å². The van der Waals surface area contributed by atoms with Crippen molar-refractivity contribution in [1.82, 2.24) is 10.6 Å². The lowest BCUT2D eigenvalue weighted by molar-refractivity contribution is -0.143. The number of aliphatic carboxylic acids is 1. The van der Waals surface area contributed by atoms with E-state index in [0.717, 1.165) is 5.56 Å². The summed E-state index contributed by atoms with van der Waals surface area (Å²) < 4.78 is 32.4. The zero-order valence-corrected chi connectivity index (χ0v) is 25.3. The largest absolute Gasteiger partial charge is 0.484 e. The molecule has 4 atom stereocenters. The number of carbonyl (C=O) groups is 4. The standard InChI is InChI=1S/C32H33F2N3O7S/c1-18(2)28(32(42)43)36-26(39)15-35-27(40)16-44-24-13-5-20(6-14-24)29-30(31(41)37(29)23-11-9-22(34)10-12-23)45-17-25(38)19-3-7-21(33)8-4-19/h3-14,18,25,28-30,38H,15-17H2,1-2H3,(H,35,40)(H,36,39)(H,42,43)/t25-,28-,29-,30-/m1/s1. The molecule has 1 saturated heterocycles. The molecule has 0 bridgehead atoms. The number of amides is 3. The molecular formula is C32H33F2N3O7S. The summed E-state index contributed by atoms with van der Waals surface area (Å²) in [4.78, 5) is 50.3. The summed E-state index contributed by atoms with van der Waals surface area (Å²) in [5, 5.41) is 24.0. The van der Waals surface area contributed by atoms with E-state index in [0.29, 0.717) is 17.0 Å². The Bertz CT molecular complexity index is 1500. The normalized spacial score (nSPS) is 17.3. The lowest BCUT2D eigenvalue weighted by Gasteiger charge is -2.47. The summed E-state index contributed by atoms with van der Waals surface area (Å²) >= 11 is 1.26. The average Bonchev–Trinajstić information content (AvgIpc) is 3.01. The number of thioether (sulfide) groups is 1. The van der Waals surface area contributed by atoms with Crippen LogP contribution in [0.3, 0.4) is 0 Å². The first-order valence-electron chi connectivity index (χ1n) is 14.1. The Balaban J connectivity index is 1.37. The van der Waals surface area contributed by atoms with Gasteiger partial charge < -0.3 is 30.5 Å². The highest BCUT2D eigenvalue weighted by atomic mass is 32.2. The van der Waals surface area contributed by atoms with E-state index in [1.807, 2.05) is 0 Å². The van der Waals surface area contributed by atoms with Gasteiger partial charge in [0.1, 0.15) is 28.7 Å². The van der Waals surface area contributed by atoms with E-state index in [1.165, 1.54) is 60.3 Å². The van der Waals surface area contributed by atoms with Gasteiger partial charge in [-0.1, -0.05) is 38.1 Å². The number of benzene rings is 3. The minimum absolute atomic E-state index is 0.179. The molecule has 1 heterocycles. The molecule has 3 aromatic carbocycles. The Hall–Kier alpha value is -4.49. The topological polar surface area (TPSA) is 145 Å². The van der Waals surface area contributed by atoms with Gasteiger partial charge in [-0.2, -0.15) is 0 Å². The summed E-state index contributed by atoms with van der Waals surface area (Å²) in [7, 11) is 0. The van der Waals surface area contributed by atoms with Gasteiger partial charge in [-0.05, 0) is 65.6 Å². The summed E-state index contributed by atoms with van der Waals surface area (Å²) in [6.07, 6.45) is -0.925. The quantitative estimate of drug-likeness (QED) is 0.196. The predicted molar refractivity (Wildman–Crippen MR) is 164 cm³/mol. The molecule has 13 heteroatoms. The van der Waals surface area contributed by atoms with Crippen LogP contribution in [0, 0.1) is 17.6 Å². The number of carboxylic acids is 1. The second kappa shape index (κ2) is 15.0. The van der Waals surface area contributed by atoms with Crippen molar-refractivity contribution in [3.8, 4) is 5.75 Å². The van der Waals surface area contributed by atoms with Crippen LogP contribution in [-0.4, -0.2) is 64.1 Å². The van der Waals surface area contributed by atoms with Crippen molar-refractivity contribution in [3.05, 3.63) is 95.6 Å². The fourth-order valence-corrected chi connectivity index (χ4v) is 5.99. The summed E-state index contributed by atoms with van der Waals surface area (Å²) in [6, 6.07) is 16.2. The number of carbonyl (C=O) groups excluding carboxylic acids is 3. The van der Waals surface area contributed by atoms with Gasteiger partial charge in [0.15, 0.2) is 6.61 Å². The first kappa shape index (κ1) is 33.4. The highest BCUT2D eigenvalue weighted by Crippen LogP contribution is 2.46. The third kappa shape index (κ3) is 8.58. The second-order valence-electron chi connectivity index (χ2n) is 10.7. The number of halogens is 2. The van der Waals surface area contributed by atoms with Crippen LogP contribution in [0.25, 0.3) is 0 Å². The molecule has 3 amide bonds. The molecule has 238 valence electrons. The highest BCUT2D eigenvalue weighted by Gasteiger charge is 2.49. The molecule has 1 aliphatic heterocycles. The van der Waals surface area contributed by atoms with E-state index in [-0.39, 0.29) is 17.6 Å². The molecule has 0 saturated carbocycles. The van der Waals surface area contributed by atoms with E-state index >= 15 is 0 Å². The fraction of sp³-hybridized carbons (Fsp3) is 0.312. The number of aliphatic hydroxyl groups is 1. The molecule has 4 N–H and O–H groups in total. The molecule has 1 fully saturated rings. The Morgan fingerprint density at radius 2 is 1.53 bits per heavy atom. The van der Waals surface area contributed by atoms with Crippen LogP contribution in [0.4, 0.5) is 14.5 Å². The molecule has 45 heavy (non-hydrogen) atoms. The lowest BCUT2D eigenvalue weighted by atomic mass is 9.92. The molecule has 0 aliphatic carbocycles. The Morgan fingerprint density at radius 1 is 0.933 bits per heavy atom. The van der Waals surface area contributed by atoms with E-state index in [9.17, 15) is 38.2 Å². The second-order valence-corrected chi connectivity index (χ2v) is 11.9. The lowest BCUT2D eigenvalue weighted by Crippen LogP contribution is -2.57. The smallest absolute Gasteiger partial charge is 0.326 e. The fourth-order valence-electron chi connectivity index (χ4n) is 4.69. The van der Waals surface area contributed by atoms with Gasteiger partial charge in [-0.3, -0.25) is 14.4 Å². The maximum Gasteiger partial charge on any atom is 0.326 e. The van der Waals surface area contributed by atoms with Gasteiger partial charge in [0.05, 0.1) is 18.7 Å². The van der Waals surface area contributed by atoms with Gasteiger partial charge >= 0.3 is 5.97 Å². The van der Waals surface area contributed by atoms with E-state index in [1.54, 1.807) is 43.0 Å². The maximum absolute atomic E-state index is 13.6. The Morgan fingerprint density at radius 3 is 2.11 bits per heavy atom. The first-order valence-corrected chi connectivity index (χ1v) is 15.1. The minimum Gasteiger partial charge on any atom is -0.484 e. The van der Waals surface area contributed by atoms with Crippen molar-refractivity contribution in [3.63, 3.8) is 0 Å². The zero-order valence-electron chi connectivity index (χ0n) is 24.5. The van der Waals surface area contributed by atoms with Crippen LogP contribution in [0.2, 0.25) is 0 Å². The molecule has 0 spiro atoms. The molecular weight excluding hydrogens is 608 g/mol. The van der Waals surface area contributed by atoms with Crippen molar-refractivity contribution < 1.29 is 42.9 Å². The van der Waals surface area contributed by atoms with E-state index in [2.05, 4.69) is 10.6 Å².